The molecule has 1 nitrogen and oxygen atoms in total. The Balaban J connectivity index is 1.52. The summed E-state index contributed by atoms with van der Waals surface area (Å²) in [4.78, 5) is 0. The monoisotopic (exact) mass is 470 g/mol. The van der Waals surface area contributed by atoms with Crippen LogP contribution in [0.25, 0.3) is 11.1 Å². The molecule has 2 aliphatic carbocycles. The van der Waals surface area contributed by atoms with Gasteiger partial charge >= 0.3 is 6.36 Å². The molecule has 0 radical (unpaired) electrons. The van der Waals surface area contributed by atoms with Crippen LogP contribution in [0.5, 0.6) is 5.75 Å². The van der Waals surface area contributed by atoms with Crippen molar-refractivity contribution in [3.05, 3.63) is 52.8 Å². The Morgan fingerprint density at radius 2 is 1.58 bits per heavy atom. The number of halogens is 6. The summed E-state index contributed by atoms with van der Waals surface area (Å²) in [5.41, 5.74) is 1.28. The van der Waals surface area contributed by atoms with Crippen molar-refractivity contribution in [3.63, 3.8) is 0 Å². The van der Waals surface area contributed by atoms with Gasteiger partial charge in [0.25, 0.3) is 0 Å². The van der Waals surface area contributed by atoms with Gasteiger partial charge in [-0.05, 0) is 78.7 Å². The van der Waals surface area contributed by atoms with E-state index in [1.807, 2.05) is 0 Å². The molecule has 2 aliphatic rings. The van der Waals surface area contributed by atoms with Gasteiger partial charge in [-0.1, -0.05) is 44.7 Å². The van der Waals surface area contributed by atoms with Gasteiger partial charge in [-0.15, -0.1) is 13.2 Å². The number of ether oxygens (including phenoxy) is 1. The van der Waals surface area contributed by atoms with Crippen LogP contribution in [0.3, 0.4) is 0 Å². The van der Waals surface area contributed by atoms with Gasteiger partial charge in [-0.25, -0.2) is 13.2 Å². The highest BCUT2D eigenvalue weighted by Gasteiger charge is 2.35. The lowest BCUT2D eigenvalue weighted by atomic mass is 9.69. The molecular weight excluding hydrogens is 442 g/mol. The average molecular weight is 470 g/mol. The van der Waals surface area contributed by atoms with Crippen LogP contribution in [0.4, 0.5) is 26.3 Å². The van der Waals surface area contributed by atoms with Crippen molar-refractivity contribution >= 4 is 0 Å². The molecule has 4 rings (SSSR count). The van der Waals surface area contributed by atoms with E-state index in [0.29, 0.717) is 36.0 Å². The van der Waals surface area contributed by atoms with Gasteiger partial charge in [-0.3, -0.25) is 0 Å². The van der Waals surface area contributed by atoms with E-state index in [4.69, 9.17) is 0 Å². The third kappa shape index (κ3) is 5.33. The maximum atomic E-state index is 15.3. The molecule has 1 saturated carbocycles. The van der Waals surface area contributed by atoms with Crippen LogP contribution < -0.4 is 4.74 Å². The van der Waals surface area contributed by atoms with Crippen LogP contribution in [0, 0.1) is 35.2 Å². The third-order valence-electron chi connectivity index (χ3n) is 7.37. The summed E-state index contributed by atoms with van der Waals surface area (Å²) in [7, 11) is 0. The first-order valence-corrected chi connectivity index (χ1v) is 11.7. The molecule has 0 aromatic heterocycles. The number of rotatable bonds is 5. The Labute approximate surface area is 190 Å². The third-order valence-corrected chi connectivity index (χ3v) is 7.37. The van der Waals surface area contributed by atoms with E-state index in [2.05, 4.69) is 11.7 Å². The van der Waals surface area contributed by atoms with Crippen molar-refractivity contribution in [3.8, 4) is 16.9 Å². The summed E-state index contributed by atoms with van der Waals surface area (Å²) in [5.74, 6) is -3.16. The van der Waals surface area contributed by atoms with Gasteiger partial charge in [0.2, 0.25) is 5.75 Å². The zero-order valence-electron chi connectivity index (χ0n) is 18.6. The highest BCUT2D eigenvalue weighted by atomic mass is 19.4. The molecule has 1 atom stereocenters. The average Bonchev–Trinajstić information content (AvgIpc) is 2.76. The SMILES string of the molecule is CCCC1CCC(C2CCc3c(ccc(-c4cc(F)c(OC(F)(F)F)c(F)c4)c3F)C2)CC1. The van der Waals surface area contributed by atoms with Crippen molar-refractivity contribution in [2.45, 2.75) is 71.1 Å². The molecule has 0 aliphatic heterocycles. The van der Waals surface area contributed by atoms with Crippen molar-refractivity contribution < 1.29 is 31.1 Å². The predicted molar refractivity (Wildman–Crippen MR) is 114 cm³/mol. The predicted octanol–water partition coefficient (Wildman–Crippen LogP) is 8.38. The fraction of sp³-hybridized carbons (Fsp3) is 0.538. The maximum absolute atomic E-state index is 15.3. The van der Waals surface area contributed by atoms with Crippen LogP contribution in [0.2, 0.25) is 0 Å². The lowest BCUT2D eigenvalue weighted by molar-refractivity contribution is -0.276. The first-order chi connectivity index (χ1) is 15.7. The van der Waals surface area contributed by atoms with E-state index in [1.54, 1.807) is 6.07 Å². The number of fused-ring (bicyclic) bond motifs is 1. The van der Waals surface area contributed by atoms with E-state index in [1.165, 1.54) is 44.6 Å². The molecule has 0 heterocycles. The van der Waals surface area contributed by atoms with Crippen LogP contribution in [-0.4, -0.2) is 6.36 Å². The number of hydrogen-bond acceptors (Lipinski definition) is 1. The lowest BCUT2D eigenvalue weighted by Gasteiger charge is -2.36. The molecule has 33 heavy (non-hydrogen) atoms. The van der Waals surface area contributed by atoms with Crippen molar-refractivity contribution in [2.24, 2.45) is 17.8 Å². The first-order valence-electron chi connectivity index (χ1n) is 11.7. The lowest BCUT2D eigenvalue weighted by Crippen LogP contribution is -2.27. The quantitative estimate of drug-likeness (QED) is 0.399. The molecule has 2 aromatic rings. The fourth-order valence-corrected chi connectivity index (χ4v) is 5.75. The van der Waals surface area contributed by atoms with Gasteiger partial charge in [0.1, 0.15) is 5.82 Å². The van der Waals surface area contributed by atoms with Gasteiger partial charge in [0.15, 0.2) is 11.6 Å². The van der Waals surface area contributed by atoms with E-state index < -0.39 is 29.6 Å². The second-order valence-corrected chi connectivity index (χ2v) is 9.45. The fourth-order valence-electron chi connectivity index (χ4n) is 5.75. The van der Waals surface area contributed by atoms with Gasteiger partial charge in [0, 0.05) is 5.56 Å². The zero-order valence-corrected chi connectivity index (χ0v) is 18.6. The van der Waals surface area contributed by atoms with E-state index in [-0.39, 0.29) is 11.1 Å². The molecule has 1 unspecified atom stereocenters. The van der Waals surface area contributed by atoms with Gasteiger partial charge in [-0.2, -0.15) is 0 Å². The molecule has 0 spiro atoms. The first kappa shape index (κ1) is 24.0. The minimum Gasteiger partial charge on any atom is -0.399 e. The number of benzene rings is 2. The smallest absolute Gasteiger partial charge is 0.399 e. The molecule has 0 N–H and O–H groups in total. The number of alkyl halides is 3. The van der Waals surface area contributed by atoms with E-state index in [9.17, 15) is 22.0 Å². The second kappa shape index (κ2) is 9.59. The van der Waals surface area contributed by atoms with E-state index in [0.717, 1.165) is 24.3 Å². The maximum Gasteiger partial charge on any atom is 0.573 e. The summed E-state index contributed by atoms with van der Waals surface area (Å²) in [6, 6.07) is 4.61. The van der Waals surface area contributed by atoms with E-state index >= 15 is 4.39 Å². The molecule has 180 valence electrons. The van der Waals surface area contributed by atoms with Crippen molar-refractivity contribution in [2.75, 3.05) is 0 Å². The Bertz CT molecular complexity index is 968. The summed E-state index contributed by atoms with van der Waals surface area (Å²) in [6.45, 7) is 2.22. The summed E-state index contributed by atoms with van der Waals surface area (Å²) < 4.78 is 84.2. The normalized spacial score (nSPS) is 23.3. The molecule has 0 amide bonds. The molecule has 0 bridgehead atoms. The Morgan fingerprint density at radius 1 is 0.909 bits per heavy atom. The molecule has 7 heteroatoms. The summed E-state index contributed by atoms with van der Waals surface area (Å²) in [6.07, 6.45) is 4.46. The summed E-state index contributed by atoms with van der Waals surface area (Å²) >= 11 is 0. The zero-order chi connectivity index (χ0) is 23.8. The highest BCUT2D eigenvalue weighted by Crippen LogP contribution is 2.42. The molecule has 0 saturated heterocycles. The largest absolute Gasteiger partial charge is 0.573 e. The Hall–Kier alpha value is -2.18. The topological polar surface area (TPSA) is 9.23 Å². The highest BCUT2D eigenvalue weighted by molar-refractivity contribution is 5.67. The standard InChI is InChI=1S/C26H28F6O/c1-2-3-15-4-6-16(7-5-15)17-8-10-20-18(12-17)9-11-21(24(20)29)19-13-22(27)25(23(28)14-19)33-26(30,31)32/h9,11,13-17H,2-8,10,12H2,1H3. The van der Waals surface area contributed by atoms with Gasteiger partial charge < -0.3 is 4.74 Å². The van der Waals surface area contributed by atoms with Crippen molar-refractivity contribution in [1.29, 1.82) is 0 Å². The van der Waals surface area contributed by atoms with Crippen LogP contribution >= 0.6 is 0 Å². The van der Waals surface area contributed by atoms with Crippen LogP contribution in [0.15, 0.2) is 24.3 Å². The summed E-state index contributed by atoms with van der Waals surface area (Å²) in [5, 5.41) is 0. The molecule has 2 aromatic carbocycles. The van der Waals surface area contributed by atoms with Crippen LogP contribution in [0.1, 0.15) is 63.0 Å². The Morgan fingerprint density at radius 3 is 2.18 bits per heavy atom. The number of hydrogen-bond donors (Lipinski definition) is 0. The second-order valence-electron chi connectivity index (χ2n) is 9.45. The minimum absolute atomic E-state index is 0.0244. The minimum atomic E-state index is -5.23. The van der Waals surface area contributed by atoms with Gasteiger partial charge in [0.05, 0.1) is 0 Å². The van der Waals surface area contributed by atoms with Crippen molar-refractivity contribution in [1.82, 2.24) is 0 Å². The Kier molecular flexibility index (Phi) is 6.96. The molecular formula is C26H28F6O. The van der Waals surface area contributed by atoms with Crippen LogP contribution in [-0.2, 0) is 12.8 Å². The molecule has 1 fully saturated rings.